The molecule has 1 heterocycles. The Bertz CT molecular complexity index is 519. The number of carbonyl (C=O) groups is 2. The average molecular weight is 326 g/mol. The number of methoxy groups -OCH3 is 1. The van der Waals surface area contributed by atoms with E-state index in [1.54, 1.807) is 18.0 Å². The predicted octanol–water partition coefficient (Wildman–Crippen LogP) is 2.41. The third-order valence-electron chi connectivity index (χ3n) is 2.93. The van der Waals surface area contributed by atoms with Crippen molar-refractivity contribution in [1.29, 1.82) is 0 Å². The zero-order chi connectivity index (χ0) is 17.5. The first-order valence-corrected chi connectivity index (χ1v) is 7.53. The van der Waals surface area contributed by atoms with Crippen molar-refractivity contribution in [2.75, 3.05) is 27.2 Å². The standard InChI is InChI=1S/C16H26N2O5/c1-16(2,3)23-15(20)18(4)8-6-7-17-10-13-9-12(11-22-13)14(19)21-5/h9,11,17H,6-8,10H2,1-5H3. The van der Waals surface area contributed by atoms with Gasteiger partial charge in [0.25, 0.3) is 0 Å². The zero-order valence-electron chi connectivity index (χ0n) is 14.5. The number of nitrogens with zero attached hydrogens (tertiary/aromatic N) is 1. The SMILES string of the molecule is COC(=O)c1coc(CNCCCN(C)C(=O)OC(C)(C)C)c1. The van der Waals surface area contributed by atoms with E-state index >= 15 is 0 Å². The van der Waals surface area contributed by atoms with E-state index in [2.05, 4.69) is 10.1 Å². The number of amides is 1. The highest BCUT2D eigenvalue weighted by molar-refractivity contribution is 5.88. The molecule has 0 saturated carbocycles. The van der Waals surface area contributed by atoms with Crippen molar-refractivity contribution >= 4 is 12.1 Å². The highest BCUT2D eigenvalue weighted by Gasteiger charge is 2.19. The number of carbonyl (C=O) groups excluding carboxylic acids is 2. The lowest BCUT2D eigenvalue weighted by atomic mass is 10.2. The molecule has 0 aliphatic heterocycles. The second-order valence-electron chi connectivity index (χ2n) is 6.23. The summed E-state index contributed by atoms with van der Waals surface area (Å²) in [6, 6.07) is 1.64. The van der Waals surface area contributed by atoms with E-state index in [0.717, 1.165) is 6.42 Å². The van der Waals surface area contributed by atoms with Crippen LogP contribution in [0.15, 0.2) is 16.7 Å². The quantitative estimate of drug-likeness (QED) is 0.612. The van der Waals surface area contributed by atoms with Crippen molar-refractivity contribution < 1.29 is 23.5 Å². The molecule has 0 unspecified atom stereocenters. The largest absolute Gasteiger partial charge is 0.467 e. The molecule has 1 amide bonds. The van der Waals surface area contributed by atoms with Gasteiger partial charge in [-0.2, -0.15) is 0 Å². The summed E-state index contributed by atoms with van der Waals surface area (Å²) in [6.45, 7) is 7.33. The first-order valence-electron chi connectivity index (χ1n) is 7.53. The first kappa shape index (κ1) is 19.0. The zero-order valence-corrected chi connectivity index (χ0v) is 14.5. The normalized spacial score (nSPS) is 11.2. The molecule has 0 spiro atoms. The summed E-state index contributed by atoms with van der Waals surface area (Å²) < 4.78 is 15.1. The topological polar surface area (TPSA) is 81.0 Å². The van der Waals surface area contributed by atoms with E-state index in [9.17, 15) is 9.59 Å². The minimum atomic E-state index is -0.486. The molecule has 1 aromatic rings. The van der Waals surface area contributed by atoms with Crippen LogP contribution in [0.5, 0.6) is 0 Å². The average Bonchev–Trinajstić information content (AvgIpc) is 2.92. The number of furan rings is 1. The van der Waals surface area contributed by atoms with Gasteiger partial charge < -0.3 is 24.1 Å². The van der Waals surface area contributed by atoms with Crippen LogP contribution < -0.4 is 5.32 Å². The molecule has 0 bridgehead atoms. The molecule has 1 rings (SSSR count). The second-order valence-corrected chi connectivity index (χ2v) is 6.23. The van der Waals surface area contributed by atoms with Gasteiger partial charge in [-0.1, -0.05) is 0 Å². The van der Waals surface area contributed by atoms with E-state index in [-0.39, 0.29) is 6.09 Å². The Kier molecular flexibility index (Phi) is 7.09. The van der Waals surface area contributed by atoms with Crippen molar-refractivity contribution in [3.63, 3.8) is 0 Å². The van der Waals surface area contributed by atoms with Gasteiger partial charge in [0.15, 0.2) is 0 Å². The fraction of sp³-hybridized carbons (Fsp3) is 0.625. The maximum atomic E-state index is 11.8. The Morgan fingerprint density at radius 2 is 2.04 bits per heavy atom. The van der Waals surface area contributed by atoms with Gasteiger partial charge in [-0.15, -0.1) is 0 Å². The molecule has 0 aliphatic carbocycles. The Morgan fingerprint density at radius 1 is 1.35 bits per heavy atom. The highest BCUT2D eigenvalue weighted by Crippen LogP contribution is 2.10. The van der Waals surface area contributed by atoms with Gasteiger partial charge >= 0.3 is 12.1 Å². The van der Waals surface area contributed by atoms with Crippen molar-refractivity contribution in [2.24, 2.45) is 0 Å². The van der Waals surface area contributed by atoms with Crippen LogP contribution in [0, 0.1) is 0 Å². The van der Waals surface area contributed by atoms with Crippen LogP contribution in [-0.4, -0.2) is 49.8 Å². The van der Waals surface area contributed by atoms with Crippen LogP contribution in [0.2, 0.25) is 0 Å². The van der Waals surface area contributed by atoms with E-state index in [1.165, 1.54) is 13.4 Å². The molecular formula is C16H26N2O5. The smallest absolute Gasteiger partial charge is 0.410 e. The third kappa shape index (κ3) is 7.19. The van der Waals surface area contributed by atoms with Gasteiger partial charge in [-0.3, -0.25) is 0 Å². The van der Waals surface area contributed by atoms with E-state index in [1.807, 2.05) is 20.8 Å². The Morgan fingerprint density at radius 3 is 2.65 bits per heavy atom. The van der Waals surface area contributed by atoms with E-state index in [0.29, 0.717) is 31.0 Å². The Labute approximate surface area is 136 Å². The number of ether oxygens (including phenoxy) is 2. The summed E-state index contributed by atoms with van der Waals surface area (Å²) in [5.74, 6) is 0.241. The molecule has 7 nitrogen and oxygen atoms in total. The van der Waals surface area contributed by atoms with Crippen LogP contribution in [0.25, 0.3) is 0 Å². The van der Waals surface area contributed by atoms with Crippen LogP contribution in [0.1, 0.15) is 43.3 Å². The highest BCUT2D eigenvalue weighted by atomic mass is 16.6. The molecule has 7 heteroatoms. The van der Waals surface area contributed by atoms with E-state index in [4.69, 9.17) is 9.15 Å². The molecule has 130 valence electrons. The summed E-state index contributed by atoms with van der Waals surface area (Å²) in [5, 5.41) is 3.19. The van der Waals surface area contributed by atoms with Crippen molar-refractivity contribution in [2.45, 2.75) is 39.3 Å². The van der Waals surface area contributed by atoms with Crippen molar-refractivity contribution in [1.82, 2.24) is 10.2 Å². The maximum absolute atomic E-state index is 11.8. The Hall–Kier alpha value is -2.02. The monoisotopic (exact) mass is 326 g/mol. The van der Waals surface area contributed by atoms with Crippen LogP contribution in [-0.2, 0) is 16.0 Å². The predicted molar refractivity (Wildman–Crippen MR) is 85.2 cm³/mol. The second kappa shape index (κ2) is 8.57. The lowest BCUT2D eigenvalue weighted by Crippen LogP contribution is -2.35. The molecule has 0 aliphatic rings. The molecular weight excluding hydrogens is 300 g/mol. The lowest BCUT2D eigenvalue weighted by Gasteiger charge is -2.24. The van der Waals surface area contributed by atoms with Crippen molar-refractivity contribution in [3.05, 3.63) is 23.7 Å². The number of nitrogens with one attached hydrogen (secondary N) is 1. The molecule has 0 atom stereocenters. The summed E-state index contributed by atoms with van der Waals surface area (Å²) in [5.41, 5.74) is -0.0887. The first-order chi connectivity index (χ1) is 10.7. The molecule has 0 radical (unpaired) electrons. The number of esters is 1. The van der Waals surface area contributed by atoms with Gasteiger partial charge in [-0.25, -0.2) is 9.59 Å². The summed E-state index contributed by atoms with van der Waals surface area (Å²) in [7, 11) is 3.04. The summed E-state index contributed by atoms with van der Waals surface area (Å²) in [4.78, 5) is 24.6. The van der Waals surface area contributed by atoms with Gasteiger partial charge in [0.2, 0.25) is 0 Å². The fourth-order valence-electron chi connectivity index (χ4n) is 1.78. The van der Waals surface area contributed by atoms with E-state index < -0.39 is 11.6 Å². The molecule has 0 aromatic carbocycles. The number of rotatable bonds is 7. The molecule has 0 fully saturated rings. The number of hydrogen-bond donors (Lipinski definition) is 1. The summed E-state index contributed by atoms with van der Waals surface area (Å²) >= 11 is 0. The minimum absolute atomic E-state index is 0.328. The third-order valence-corrected chi connectivity index (χ3v) is 2.93. The Balaban J connectivity index is 2.21. The minimum Gasteiger partial charge on any atom is -0.467 e. The van der Waals surface area contributed by atoms with Gasteiger partial charge in [0, 0.05) is 13.6 Å². The molecule has 0 saturated heterocycles. The van der Waals surface area contributed by atoms with Gasteiger partial charge in [0.05, 0.1) is 19.2 Å². The molecule has 1 aromatic heterocycles. The lowest BCUT2D eigenvalue weighted by molar-refractivity contribution is 0.0297. The van der Waals surface area contributed by atoms with Crippen molar-refractivity contribution in [3.8, 4) is 0 Å². The number of hydrogen-bond acceptors (Lipinski definition) is 6. The van der Waals surface area contributed by atoms with Crippen LogP contribution >= 0.6 is 0 Å². The summed E-state index contributed by atoms with van der Waals surface area (Å²) in [6.07, 6.45) is 1.82. The van der Waals surface area contributed by atoms with Gasteiger partial charge in [0.1, 0.15) is 17.6 Å². The fourth-order valence-corrected chi connectivity index (χ4v) is 1.78. The van der Waals surface area contributed by atoms with Gasteiger partial charge in [-0.05, 0) is 39.8 Å². The maximum Gasteiger partial charge on any atom is 0.410 e. The van der Waals surface area contributed by atoms with Crippen LogP contribution in [0.3, 0.4) is 0 Å². The molecule has 1 N–H and O–H groups in total. The van der Waals surface area contributed by atoms with Crippen LogP contribution in [0.4, 0.5) is 4.79 Å². The molecule has 23 heavy (non-hydrogen) atoms.